The predicted molar refractivity (Wildman–Crippen MR) is 93.5 cm³/mol. The summed E-state index contributed by atoms with van der Waals surface area (Å²) in [6, 6.07) is 7.57. The van der Waals surface area contributed by atoms with Gasteiger partial charge < -0.3 is 19.1 Å². The Morgan fingerprint density at radius 3 is 2.77 bits per heavy atom. The molecule has 0 aliphatic carbocycles. The Morgan fingerprint density at radius 2 is 2.12 bits per heavy atom. The van der Waals surface area contributed by atoms with E-state index in [4.69, 9.17) is 14.2 Å². The van der Waals surface area contributed by atoms with Crippen molar-refractivity contribution in [2.24, 2.45) is 11.8 Å². The summed E-state index contributed by atoms with van der Waals surface area (Å²) in [6.45, 7) is 4.51. The van der Waals surface area contributed by atoms with E-state index >= 15 is 0 Å². The molecule has 3 aliphatic rings. The number of carbonyl (C=O) groups is 2. The van der Waals surface area contributed by atoms with Gasteiger partial charge in [0.2, 0.25) is 5.91 Å². The second-order valence-corrected chi connectivity index (χ2v) is 7.07. The van der Waals surface area contributed by atoms with Crippen molar-refractivity contribution >= 4 is 11.9 Å². The number of ether oxygens (including phenoxy) is 3. The molecular weight excluding hydrogens is 334 g/mol. The molecule has 0 unspecified atom stereocenters. The summed E-state index contributed by atoms with van der Waals surface area (Å²) >= 11 is 0. The van der Waals surface area contributed by atoms with Crippen LogP contribution in [0.2, 0.25) is 0 Å². The summed E-state index contributed by atoms with van der Waals surface area (Å²) in [7, 11) is 1.62. The highest BCUT2D eigenvalue weighted by atomic mass is 16.6. The van der Waals surface area contributed by atoms with E-state index in [2.05, 4.69) is 0 Å². The number of likely N-dealkylation sites (tertiary alicyclic amines) is 1. The van der Waals surface area contributed by atoms with Crippen molar-refractivity contribution in [2.45, 2.75) is 31.6 Å². The fourth-order valence-electron chi connectivity index (χ4n) is 4.43. The molecule has 2 bridgehead atoms. The lowest BCUT2D eigenvalue weighted by molar-refractivity contribution is -0.153. The second kappa shape index (κ2) is 6.13. The maximum Gasteiger partial charge on any atom is 0.312 e. The Morgan fingerprint density at radius 1 is 1.38 bits per heavy atom. The van der Waals surface area contributed by atoms with Crippen LogP contribution in [0.4, 0.5) is 0 Å². The number of hydrogen-bond acceptors (Lipinski definition) is 5. The lowest BCUT2D eigenvalue weighted by Gasteiger charge is -2.27. The normalized spacial score (nSPS) is 32.7. The average molecular weight is 357 g/mol. The number of rotatable bonds is 5. The molecule has 6 nitrogen and oxygen atoms in total. The molecule has 4 rings (SSSR count). The van der Waals surface area contributed by atoms with Gasteiger partial charge in [0.25, 0.3) is 0 Å². The molecule has 0 N–H and O–H groups in total. The second-order valence-electron chi connectivity index (χ2n) is 7.07. The minimum atomic E-state index is -0.708. The van der Waals surface area contributed by atoms with Gasteiger partial charge in [-0.05, 0) is 31.5 Å². The van der Waals surface area contributed by atoms with Crippen molar-refractivity contribution < 1.29 is 23.8 Å². The molecule has 26 heavy (non-hydrogen) atoms. The van der Waals surface area contributed by atoms with Crippen LogP contribution in [0, 0.1) is 11.8 Å². The van der Waals surface area contributed by atoms with E-state index in [1.165, 1.54) is 0 Å². The molecular formula is C20H23NO5. The van der Waals surface area contributed by atoms with Crippen molar-refractivity contribution in [3.63, 3.8) is 0 Å². The standard InChI is InChI=1S/C20H23NO5/c1-4-25-19(23)16-15-9-10-20(26-15)11-21(18(22)17(16)20)12(2)13-5-7-14(24-3)8-6-13/h5-10,12,15-17H,4,11H2,1-3H3/t12-,15+,16+,17+,20-/m0/s1. The largest absolute Gasteiger partial charge is 0.497 e. The molecule has 3 aliphatic heterocycles. The molecule has 0 aromatic heterocycles. The maximum absolute atomic E-state index is 13.2. The zero-order chi connectivity index (χ0) is 18.5. The number of fused-ring (bicyclic) bond motifs is 1. The van der Waals surface area contributed by atoms with Gasteiger partial charge in [-0.15, -0.1) is 0 Å². The highest BCUT2D eigenvalue weighted by Crippen LogP contribution is 2.53. The quantitative estimate of drug-likeness (QED) is 0.596. The zero-order valence-corrected chi connectivity index (χ0v) is 15.2. The average Bonchev–Trinajstić information content (AvgIpc) is 3.29. The number of hydrogen-bond donors (Lipinski definition) is 0. The fourth-order valence-corrected chi connectivity index (χ4v) is 4.43. The molecule has 0 radical (unpaired) electrons. The number of esters is 1. The van der Waals surface area contributed by atoms with Gasteiger partial charge in [0.05, 0.1) is 38.3 Å². The van der Waals surface area contributed by atoms with Crippen molar-refractivity contribution in [2.75, 3.05) is 20.3 Å². The summed E-state index contributed by atoms with van der Waals surface area (Å²) < 4.78 is 16.5. The van der Waals surface area contributed by atoms with Crippen molar-refractivity contribution in [3.8, 4) is 5.75 Å². The summed E-state index contributed by atoms with van der Waals surface area (Å²) in [4.78, 5) is 27.4. The van der Waals surface area contributed by atoms with Gasteiger partial charge in [0.15, 0.2) is 0 Å². The van der Waals surface area contributed by atoms with Crippen molar-refractivity contribution in [1.82, 2.24) is 4.90 Å². The highest BCUT2D eigenvalue weighted by molar-refractivity contribution is 5.91. The first-order chi connectivity index (χ1) is 12.5. The Balaban J connectivity index is 1.60. The molecule has 2 saturated heterocycles. The Labute approximate surface area is 152 Å². The predicted octanol–water partition coefficient (Wildman–Crippen LogP) is 2.10. The molecule has 1 spiro atoms. The molecule has 3 heterocycles. The molecule has 6 heteroatoms. The minimum Gasteiger partial charge on any atom is -0.497 e. The molecule has 0 saturated carbocycles. The first-order valence-electron chi connectivity index (χ1n) is 8.99. The van der Waals surface area contributed by atoms with E-state index in [1.54, 1.807) is 14.0 Å². The van der Waals surface area contributed by atoms with E-state index in [-0.39, 0.29) is 24.0 Å². The molecule has 5 atom stereocenters. The maximum atomic E-state index is 13.2. The van der Waals surface area contributed by atoms with Gasteiger partial charge in [-0.1, -0.05) is 24.3 Å². The third-order valence-electron chi connectivity index (χ3n) is 5.75. The Kier molecular flexibility index (Phi) is 4.03. The SMILES string of the molecule is CCOC(=O)[C@@H]1[C@H]2C=C[C@@]3(CN([C@@H](C)c4ccc(OC)cc4)C(=O)[C@@H]13)O2. The van der Waals surface area contributed by atoms with Gasteiger partial charge in [0.1, 0.15) is 17.3 Å². The molecule has 1 aromatic carbocycles. The third kappa shape index (κ3) is 2.35. The van der Waals surface area contributed by atoms with Gasteiger partial charge >= 0.3 is 5.97 Å². The monoisotopic (exact) mass is 357 g/mol. The van der Waals surface area contributed by atoms with Crippen molar-refractivity contribution in [3.05, 3.63) is 42.0 Å². The van der Waals surface area contributed by atoms with Crippen LogP contribution in [0.3, 0.4) is 0 Å². The molecule has 2 fully saturated rings. The van der Waals surface area contributed by atoms with Gasteiger partial charge in [-0.25, -0.2) is 0 Å². The topological polar surface area (TPSA) is 65.1 Å². The zero-order valence-electron chi connectivity index (χ0n) is 15.2. The third-order valence-corrected chi connectivity index (χ3v) is 5.75. The van der Waals surface area contributed by atoms with Gasteiger partial charge in [-0.3, -0.25) is 9.59 Å². The van der Waals surface area contributed by atoms with Crippen LogP contribution in [0.15, 0.2) is 36.4 Å². The van der Waals surface area contributed by atoms with E-state index in [9.17, 15) is 9.59 Å². The summed E-state index contributed by atoms with van der Waals surface area (Å²) in [5.74, 6) is -0.673. The highest BCUT2D eigenvalue weighted by Gasteiger charge is 2.67. The lowest BCUT2D eigenvalue weighted by Crippen LogP contribution is -2.40. The summed E-state index contributed by atoms with van der Waals surface area (Å²) in [5, 5.41) is 0. The minimum absolute atomic E-state index is 0.0433. The first-order valence-corrected chi connectivity index (χ1v) is 8.99. The van der Waals surface area contributed by atoms with Crippen LogP contribution in [0.25, 0.3) is 0 Å². The van der Waals surface area contributed by atoms with E-state index in [0.29, 0.717) is 13.2 Å². The van der Waals surface area contributed by atoms with E-state index in [0.717, 1.165) is 11.3 Å². The summed E-state index contributed by atoms with van der Waals surface area (Å²) in [6.07, 6.45) is 3.49. The smallest absolute Gasteiger partial charge is 0.312 e. The van der Waals surface area contributed by atoms with E-state index in [1.807, 2.05) is 48.2 Å². The first kappa shape index (κ1) is 17.1. The number of nitrogens with zero attached hydrogens (tertiary/aromatic N) is 1. The molecule has 1 aromatic rings. The molecule has 138 valence electrons. The van der Waals surface area contributed by atoms with E-state index < -0.39 is 17.4 Å². The number of amides is 1. The van der Waals surface area contributed by atoms with Crippen LogP contribution in [0.1, 0.15) is 25.5 Å². The summed E-state index contributed by atoms with van der Waals surface area (Å²) in [5.41, 5.74) is 0.307. The van der Waals surface area contributed by atoms with Crippen LogP contribution in [-0.4, -0.2) is 48.7 Å². The van der Waals surface area contributed by atoms with Crippen LogP contribution >= 0.6 is 0 Å². The van der Waals surface area contributed by atoms with Crippen LogP contribution < -0.4 is 4.74 Å². The van der Waals surface area contributed by atoms with Crippen LogP contribution in [-0.2, 0) is 19.1 Å². The van der Waals surface area contributed by atoms with Gasteiger partial charge in [-0.2, -0.15) is 0 Å². The Hall–Kier alpha value is -2.34. The number of methoxy groups -OCH3 is 1. The van der Waals surface area contributed by atoms with Crippen LogP contribution in [0.5, 0.6) is 5.75 Å². The number of benzene rings is 1. The van der Waals surface area contributed by atoms with Crippen molar-refractivity contribution in [1.29, 1.82) is 0 Å². The van der Waals surface area contributed by atoms with Gasteiger partial charge in [0, 0.05) is 0 Å². The lowest BCUT2D eigenvalue weighted by atomic mass is 9.77. The fraction of sp³-hybridized carbons (Fsp3) is 0.500. The Bertz CT molecular complexity index is 758. The number of carbonyl (C=O) groups excluding carboxylic acids is 2. The molecule has 1 amide bonds.